The molecule has 0 aliphatic carbocycles. The van der Waals surface area contributed by atoms with Gasteiger partial charge < -0.3 is 14.6 Å². The molecule has 2 aromatic heterocycles. The molecule has 0 aliphatic heterocycles. The minimum atomic E-state index is -1.07. The lowest BCUT2D eigenvalue weighted by atomic mass is 10.0. The molecule has 0 saturated carbocycles. The SMILES string of the molecule is Cc1ccc(-n2[nH]c(-c3ccco3)c(N=Nc3cccc(-c4cccc(C(=O)O)c4)c3O)c2=O)cc1C. The Balaban J connectivity index is 1.59. The van der Waals surface area contributed by atoms with E-state index in [1.807, 2.05) is 32.0 Å². The van der Waals surface area contributed by atoms with E-state index in [0.29, 0.717) is 28.3 Å². The van der Waals surface area contributed by atoms with Crippen LogP contribution in [0, 0.1) is 13.8 Å². The Bertz CT molecular complexity index is 1710. The van der Waals surface area contributed by atoms with Gasteiger partial charge >= 0.3 is 5.97 Å². The van der Waals surface area contributed by atoms with Crippen molar-refractivity contribution in [3.05, 3.63) is 106 Å². The Morgan fingerprint density at radius 1 is 0.946 bits per heavy atom. The zero-order chi connectivity index (χ0) is 26.1. The summed E-state index contributed by atoms with van der Waals surface area (Å²) in [4.78, 5) is 24.8. The van der Waals surface area contributed by atoms with Gasteiger partial charge in [0, 0.05) is 5.56 Å². The summed E-state index contributed by atoms with van der Waals surface area (Å²) in [6.07, 6.45) is 1.49. The maximum absolute atomic E-state index is 13.4. The van der Waals surface area contributed by atoms with Crippen molar-refractivity contribution in [2.75, 3.05) is 0 Å². The molecule has 0 spiro atoms. The summed E-state index contributed by atoms with van der Waals surface area (Å²) in [5, 5.41) is 31.6. The van der Waals surface area contributed by atoms with E-state index in [4.69, 9.17) is 4.42 Å². The van der Waals surface area contributed by atoms with Gasteiger partial charge in [0.2, 0.25) is 0 Å². The predicted molar refractivity (Wildman–Crippen MR) is 138 cm³/mol. The van der Waals surface area contributed by atoms with E-state index in [-0.39, 0.29) is 22.7 Å². The van der Waals surface area contributed by atoms with Crippen LogP contribution in [0.15, 0.2) is 98.5 Å². The minimum Gasteiger partial charge on any atom is -0.505 e. The first-order valence-electron chi connectivity index (χ1n) is 11.4. The lowest BCUT2D eigenvalue weighted by Crippen LogP contribution is -2.14. The van der Waals surface area contributed by atoms with Gasteiger partial charge in [-0.25, -0.2) is 9.48 Å². The van der Waals surface area contributed by atoms with Crippen LogP contribution in [0.1, 0.15) is 21.5 Å². The number of aromatic carboxylic acids is 1. The molecule has 5 rings (SSSR count). The van der Waals surface area contributed by atoms with Crippen LogP contribution in [0.5, 0.6) is 5.75 Å². The van der Waals surface area contributed by atoms with Gasteiger partial charge in [0.05, 0.1) is 17.5 Å². The van der Waals surface area contributed by atoms with E-state index < -0.39 is 11.5 Å². The van der Waals surface area contributed by atoms with Crippen molar-refractivity contribution in [3.8, 4) is 34.0 Å². The number of nitrogens with one attached hydrogen (secondary N) is 1. The second kappa shape index (κ2) is 9.46. The second-order valence-corrected chi connectivity index (χ2v) is 8.48. The molecule has 3 N–H and O–H groups in total. The molecule has 0 bridgehead atoms. The highest BCUT2D eigenvalue weighted by Crippen LogP contribution is 2.38. The lowest BCUT2D eigenvalue weighted by Gasteiger charge is -2.07. The summed E-state index contributed by atoms with van der Waals surface area (Å²) in [7, 11) is 0. The van der Waals surface area contributed by atoms with E-state index in [1.165, 1.54) is 23.1 Å². The monoisotopic (exact) mass is 494 g/mol. The molecular formula is C28H22N4O5. The van der Waals surface area contributed by atoms with Gasteiger partial charge in [0.1, 0.15) is 11.4 Å². The number of phenols is 1. The Morgan fingerprint density at radius 3 is 2.49 bits per heavy atom. The molecule has 5 aromatic rings. The summed E-state index contributed by atoms with van der Waals surface area (Å²) in [5.41, 5.74) is 3.74. The first-order valence-corrected chi connectivity index (χ1v) is 11.4. The Morgan fingerprint density at radius 2 is 1.76 bits per heavy atom. The standard InChI is InChI=1S/C28H22N4O5/c1-16-11-12-20(14-17(16)2)32-27(34)25(24(31-32)23-10-5-13-37-23)30-29-22-9-4-8-21(26(22)33)18-6-3-7-19(15-18)28(35)36/h3-15,31,33H,1-2H3,(H,35,36). The van der Waals surface area contributed by atoms with E-state index in [1.54, 1.807) is 42.5 Å². The van der Waals surface area contributed by atoms with Crippen LogP contribution in [0.2, 0.25) is 0 Å². The van der Waals surface area contributed by atoms with Crippen LogP contribution in [0.3, 0.4) is 0 Å². The molecule has 0 radical (unpaired) electrons. The van der Waals surface area contributed by atoms with E-state index in [9.17, 15) is 19.8 Å². The Hall–Kier alpha value is -5.18. The topological polar surface area (TPSA) is 133 Å². The summed E-state index contributed by atoms with van der Waals surface area (Å²) < 4.78 is 6.88. The fourth-order valence-corrected chi connectivity index (χ4v) is 3.93. The zero-order valence-corrected chi connectivity index (χ0v) is 20.0. The van der Waals surface area contributed by atoms with Gasteiger partial charge in [0.25, 0.3) is 5.56 Å². The average molecular weight is 495 g/mol. The number of hydrogen-bond acceptors (Lipinski definition) is 6. The lowest BCUT2D eigenvalue weighted by molar-refractivity contribution is 0.0697. The number of aromatic amines is 1. The molecule has 37 heavy (non-hydrogen) atoms. The number of nitrogens with zero attached hydrogens (tertiary/aromatic N) is 3. The Labute approximate surface area is 211 Å². The van der Waals surface area contributed by atoms with Crippen LogP contribution >= 0.6 is 0 Å². The number of azo groups is 1. The van der Waals surface area contributed by atoms with E-state index in [0.717, 1.165) is 11.1 Å². The van der Waals surface area contributed by atoms with Crippen LogP contribution in [-0.4, -0.2) is 26.0 Å². The van der Waals surface area contributed by atoms with Crippen molar-refractivity contribution in [1.29, 1.82) is 0 Å². The third-order valence-corrected chi connectivity index (χ3v) is 6.08. The first kappa shape index (κ1) is 23.6. The third-order valence-electron chi connectivity index (χ3n) is 6.08. The van der Waals surface area contributed by atoms with E-state index >= 15 is 0 Å². The first-order chi connectivity index (χ1) is 17.8. The molecule has 9 heteroatoms. The number of benzene rings is 3. The highest BCUT2D eigenvalue weighted by molar-refractivity contribution is 5.90. The van der Waals surface area contributed by atoms with Crippen molar-refractivity contribution in [3.63, 3.8) is 0 Å². The summed E-state index contributed by atoms with van der Waals surface area (Å²) >= 11 is 0. The average Bonchev–Trinajstić information content (AvgIpc) is 3.53. The molecule has 0 unspecified atom stereocenters. The minimum absolute atomic E-state index is 0.00542. The summed E-state index contributed by atoms with van der Waals surface area (Å²) in [6, 6.07) is 20.1. The van der Waals surface area contributed by atoms with Crippen LogP contribution < -0.4 is 5.56 Å². The highest BCUT2D eigenvalue weighted by atomic mass is 16.4. The quantitative estimate of drug-likeness (QED) is 0.231. The highest BCUT2D eigenvalue weighted by Gasteiger charge is 2.20. The number of aromatic hydroxyl groups is 1. The van der Waals surface area contributed by atoms with Crippen LogP contribution in [0.25, 0.3) is 28.3 Å². The predicted octanol–water partition coefficient (Wildman–Crippen LogP) is 6.53. The summed E-state index contributed by atoms with van der Waals surface area (Å²) in [6.45, 7) is 3.95. The van der Waals surface area contributed by atoms with Crippen molar-refractivity contribution < 1.29 is 19.4 Å². The zero-order valence-electron chi connectivity index (χ0n) is 20.0. The molecule has 184 valence electrons. The maximum Gasteiger partial charge on any atom is 0.335 e. The van der Waals surface area contributed by atoms with Crippen LogP contribution in [-0.2, 0) is 0 Å². The Kier molecular flexibility index (Phi) is 6.02. The normalized spacial score (nSPS) is 11.3. The molecular weight excluding hydrogens is 472 g/mol. The number of para-hydroxylation sites is 1. The number of hydrogen-bond donors (Lipinski definition) is 3. The second-order valence-electron chi connectivity index (χ2n) is 8.48. The van der Waals surface area contributed by atoms with Gasteiger partial charge in [-0.1, -0.05) is 30.3 Å². The number of carbonyl (C=O) groups is 1. The van der Waals surface area contributed by atoms with Crippen molar-refractivity contribution >= 4 is 17.3 Å². The molecule has 3 aromatic carbocycles. The van der Waals surface area contributed by atoms with Crippen molar-refractivity contribution in [2.45, 2.75) is 13.8 Å². The van der Waals surface area contributed by atoms with Gasteiger partial charge in [-0.05, 0) is 73.0 Å². The number of carboxylic acid groups (broad SMARTS) is 1. The fraction of sp³-hybridized carbons (Fsp3) is 0.0714. The number of phenolic OH excluding ortho intramolecular Hbond substituents is 1. The van der Waals surface area contributed by atoms with E-state index in [2.05, 4.69) is 15.3 Å². The molecule has 0 amide bonds. The summed E-state index contributed by atoms with van der Waals surface area (Å²) in [5.74, 6) is -0.870. The number of aromatic nitrogens is 2. The van der Waals surface area contributed by atoms with Gasteiger partial charge in [-0.3, -0.25) is 9.89 Å². The molecule has 0 aliphatic rings. The van der Waals surface area contributed by atoms with Gasteiger partial charge in [-0.15, -0.1) is 10.2 Å². The number of aryl methyl sites for hydroxylation is 2. The smallest absolute Gasteiger partial charge is 0.335 e. The maximum atomic E-state index is 13.4. The van der Waals surface area contributed by atoms with Gasteiger partial charge in [-0.2, -0.15) is 0 Å². The van der Waals surface area contributed by atoms with Crippen molar-refractivity contribution in [2.24, 2.45) is 10.2 Å². The number of carboxylic acids is 1. The molecule has 0 saturated heterocycles. The molecule has 9 nitrogen and oxygen atoms in total. The molecule has 2 heterocycles. The number of furan rings is 1. The molecule has 0 atom stereocenters. The van der Waals surface area contributed by atoms with Crippen molar-refractivity contribution in [1.82, 2.24) is 9.78 Å². The van der Waals surface area contributed by atoms with Gasteiger partial charge in [0.15, 0.2) is 17.2 Å². The number of H-pyrrole nitrogens is 1. The largest absolute Gasteiger partial charge is 0.505 e. The van der Waals surface area contributed by atoms with Crippen LogP contribution in [0.4, 0.5) is 11.4 Å². The number of rotatable bonds is 6. The molecule has 0 fully saturated rings. The third kappa shape index (κ3) is 4.45. The fourth-order valence-electron chi connectivity index (χ4n) is 3.93.